The average molecular weight is 373 g/mol. The minimum atomic E-state index is -2.57. The van der Waals surface area contributed by atoms with Gasteiger partial charge in [0.15, 0.2) is 0 Å². The maximum Gasteiger partial charge on any atom is 0.109 e. The predicted octanol–water partition coefficient (Wildman–Crippen LogP) is 4.21. The van der Waals surface area contributed by atoms with E-state index < -0.39 is 9.73 Å². The summed E-state index contributed by atoms with van der Waals surface area (Å²) in [5.74, 6) is 1.89. The molecule has 26 heavy (non-hydrogen) atoms. The van der Waals surface area contributed by atoms with E-state index in [9.17, 15) is 4.21 Å². The molecule has 1 aromatic carbocycles. The Kier molecular flexibility index (Phi) is 5.81. The number of nitrogens with one attached hydrogen (secondary N) is 2. The van der Waals surface area contributed by atoms with Crippen LogP contribution in [0.25, 0.3) is 0 Å². The summed E-state index contributed by atoms with van der Waals surface area (Å²) in [6.07, 6.45) is 5.81. The van der Waals surface area contributed by atoms with Crippen molar-refractivity contribution in [1.29, 1.82) is 4.78 Å². The van der Waals surface area contributed by atoms with Crippen LogP contribution in [0.1, 0.15) is 43.7 Å². The Balaban J connectivity index is 1.53. The van der Waals surface area contributed by atoms with Crippen LogP contribution in [0.2, 0.25) is 0 Å². The Morgan fingerprint density at radius 1 is 1.23 bits per heavy atom. The van der Waals surface area contributed by atoms with Gasteiger partial charge in [0.1, 0.15) is 5.82 Å². The van der Waals surface area contributed by atoms with E-state index in [4.69, 9.17) is 15.5 Å². The number of nitrogens with zero attached hydrogens (tertiary/aromatic N) is 1. The summed E-state index contributed by atoms with van der Waals surface area (Å²) in [4.78, 5) is 7.82. The van der Waals surface area contributed by atoms with Crippen molar-refractivity contribution < 1.29 is 4.21 Å². The highest BCUT2D eigenvalue weighted by Gasteiger charge is 2.24. The second kappa shape index (κ2) is 8.08. The molecule has 0 radical (unpaired) electrons. The zero-order valence-corrected chi connectivity index (χ0v) is 16.1. The van der Waals surface area contributed by atoms with Crippen LogP contribution in [-0.2, 0) is 15.5 Å². The number of aromatic amines is 1. The second-order valence-electron chi connectivity index (χ2n) is 7.30. The molecular weight excluding hydrogens is 344 g/mol. The van der Waals surface area contributed by atoms with Crippen LogP contribution in [0, 0.1) is 10.7 Å². The van der Waals surface area contributed by atoms with Crippen molar-refractivity contribution in [1.82, 2.24) is 4.98 Å². The van der Waals surface area contributed by atoms with Gasteiger partial charge >= 0.3 is 0 Å². The van der Waals surface area contributed by atoms with Gasteiger partial charge in [0.05, 0.1) is 11.8 Å². The number of nitrogen functional groups attached to an aromatic ring is 1. The Morgan fingerprint density at radius 2 is 1.92 bits per heavy atom. The zero-order valence-electron chi connectivity index (χ0n) is 15.3. The smallest absolute Gasteiger partial charge is 0.109 e. The lowest BCUT2D eigenvalue weighted by atomic mass is 9.87. The van der Waals surface area contributed by atoms with Crippen molar-refractivity contribution in [3.05, 3.63) is 53.7 Å². The summed E-state index contributed by atoms with van der Waals surface area (Å²) >= 11 is 0. The van der Waals surface area contributed by atoms with Crippen molar-refractivity contribution in [3.8, 4) is 0 Å². The molecule has 0 saturated heterocycles. The van der Waals surface area contributed by atoms with Gasteiger partial charge in [-0.1, -0.05) is 30.3 Å². The van der Waals surface area contributed by atoms with E-state index >= 15 is 0 Å². The Labute approximate surface area is 156 Å². The lowest BCUT2D eigenvalue weighted by Gasteiger charge is -2.27. The molecule has 0 bridgehead atoms. The fourth-order valence-corrected chi connectivity index (χ4v) is 5.71. The largest absolute Gasteiger partial charge is 0.385 e. The Bertz CT molecular complexity index is 847. The molecule has 1 fully saturated rings. The van der Waals surface area contributed by atoms with Gasteiger partial charge in [-0.05, 0) is 50.2 Å². The molecule has 0 aliphatic heterocycles. The zero-order chi connectivity index (χ0) is 18.6. The van der Waals surface area contributed by atoms with Crippen LogP contribution in [0.3, 0.4) is 0 Å². The average Bonchev–Trinajstić information content (AvgIpc) is 3.03. The highest BCUT2D eigenvalue weighted by Crippen LogP contribution is 2.29. The molecule has 2 aromatic rings. The van der Waals surface area contributed by atoms with Crippen LogP contribution < -0.4 is 5.73 Å². The minimum absolute atomic E-state index is 0.302. The number of aliphatic imine (C=N–C) groups is 1. The van der Waals surface area contributed by atoms with Gasteiger partial charge in [0.2, 0.25) is 0 Å². The van der Waals surface area contributed by atoms with Crippen molar-refractivity contribution in [2.24, 2.45) is 10.9 Å². The monoisotopic (exact) mass is 372 g/mol. The standard InChI is InChI=1S/C20H28N4OS/c1-15(19-11-12-23-20(19)21)24-18-9-7-17(8-10-18)14-26(22,25)13-16-5-3-2-4-6-16/h2-6,11-12,17-18,22-23H,7-10,13-14,21H2,1H3. The molecule has 0 amide bonds. The van der Waals surface area contributed by atoms with Gasteiger partial charge in [-0.25, -0.2) is 4.21 Å². The van der Waals surface area contributed by atoms with Crippen molar-refractivity contribution in [2.45, 2.75) is 44.4 Å². The molecule has 1 atom stereocenters. The van der Waals surface area contributed by atoms with Gasteiger partial charge in [0, 0.05) is 33.0 Å². The first kappa shape index (κ1) is 18.7. The minimum Gasteiger partial charge on any atom is -0.385 e. The third-order valence-corrected chi connectivity index (χ3v) is 6.92. The van der Waals surface area contributed by atoms with Crippen LogP contribution in [0.15, 0.2) is 47.6 Å². The maximum atomic E-state index is 12.7. The lowest BCUT2D eigenvalue weighted by molar-refractivity contribution is 0.351. The second-order valence-corrected chi connectivity index (χ2v) is 9.55. The number of nitrogens with two attached hydrogens (primary N) is 1. The van der Waals surface area contributed by atoms with E-state index in [1.54, 1.807) is 0 Å². The molecular formula is C20H28N4OS. The van der Waals surface area contributed by atoms with Crippen molar-refractivity contribution >= 4 is 21.3 Å². The molecule has 6 heteroatoms. The number of rotatable bonds is 6. The van der Waals surface area contributed by atoms with Crippen molar-refractivity contribution in [2.75, 3.05) is 11.5 Å². The highest BCUT2D eigenvalue weighted by molar-refractivity contribution is 7.91. The number of hydrogen-bond donors (Lipinski definition) is 3. The first-order chi connectivity index (χ1) is 12.4. The molecule has 4 N–H and O–H groups in total. The van der Waals surface area contributed by atoms with E-state index in [0.29, 0.717) is 29.3 Å². The van der Waals surface area contributed by atoms with E-state index in [2.05, 4.69) is 4.98 Å². The summed E-state index contributed by atoms with van der Waals surface area (Å²) in [5.41, 5.74) is 8.85. The third kappa shape index (κ3) is 4.97. The predicted molar refractivity (Wildman–Crippen MR) is 109 cm³/mol. The number of H-pyrrole nitrogens is 1. The topological polar surface area (TPSA) is 95.1 Å². The van der Waals surface area contributed by atoms with Crippen LogP contribution >= 0.6 is 0 Å². The third-order valence-electron chi connectivity index (χ3n) is 5.11. The van der Waals surface area contributed by atoms with E-state index in [-0.39, 0.29) is 0 Å². The Hall–Kier alpha value is -2.08. The highest BCUT2D eigenvalue weighted by atomic mass is 32.2. The van der Waals surface area contributed by atoms with E-state index in [0.717, 1.165) is 42.5 Å². The molecule has 5 nitrogen and oxygen atoms in total. The Morgan fingerprint density at radius 3 is 2.54 bits per heavy atom. The SMILES string of the molecule is CC(=NC1CCC(CS(=N)(=O)Cc2ccccc2)CC1)c1cc[nH]c1N. The number of anilines is 1. The molecule has 1 unspecified atom stereocenters. The summed E-state index contributed by atoms with van der Waals surface area (Å²) in [6, 6.07) is 12.0. The summed E-state index contributed by atoms with van der Waals surface area (Å²) in [6.45, 7) is 2.00. The van der Waals surface area contributed by atoms with Gasteiger partial charge in [-0.3, -0.25) is 9.77 Å². The summed E-state index contributed by atoms with van der Waals surface area (Å²) in [5, 5.41) is 0. The summed E-state index contributed by atoms with van der Waals surface area (Å²) in [7, 11) is -2.57. The molecule has 1 aliphatic rings. The van der Waals surface area contributed by atoms with Gasteiger partial charge in [-0.2, -0.15) is 0 Å². The molecule has 1 heterocycles. The summed E-state index contributed by atoms with van der Waals surface area (Å²) < 4.78 is 21.0. The van der Waals surface area contributed by atoms with Crippen LogP contribution in [-0.4, -0.2) is 26.7 Å². The fraction of sp³-hybridized carbons (Fsp3) is 0.450. The molecule has 3 rings (SSSR count). The first-order valence-corrected chi connectivity index (χ1v) is 11.1. The molecule has 1 aliphatic carbocycles. The number of hydrogen-bond acceptors (Lipinski definition) is 4. The van der Waals surface area contributed by atoms with Gasteiger partial charge in [-0.15, -0.1) is 0 Å². The maximum absolute atomic E-state index is 12.7. The van der Waals surface area contributed by atoms with Crippen LogP contribution in [0.5, 0.6) is 0 Å². The number of benzene rings is 1. The normalized spacial score (nSPS) is 23.5. The molecule has 1 saturated carbocycles. The first-order valence-electron chi connectivity index (χ1n) is 9.18. The van der Waals surface area contributed by atoms with Crippen LogP contribution in [0.4, 0.5) is 5.82 Å². The lowest BCUT2D eigenvalue weighted by Crippen LogP contribution is -2.24. The van der Waals surface area contributed by atoms with Gasteiger partial charge in [0.25, 0.3) is 0 Å². The van der Waals surface area contributed by atoms with Crippen molar-refractivity contribution in [3.63, 3.8) is 0 Å². The number of aromatic nitrogens is 1. The van der Waals surface area contributed by atoms with Gasteiger partial charge < -0.3 is 10.7 Å². The fourth-order valence-electron chi connectivity index (χ4n) is 3.76. The molecule has 140 valence electrons. The van der Waals surface area contributed by atoms with E-state index in [1.165, 1.54) is 0 Å². The van der Waals surface area contributed by atoms with E-state index in [1.807, 2.05) is 49.5 Å². The molecule has 0 spiro atoms. The quantitative estimate of drug-likeness (QED) is 0.662. The molecule has 1 aromatic heterocycles.